The number of benzene rings is 1. The summed E-state index contributed by atoms with van der Waals surface area (Å²) >= 11 is 5.85. The quantitative estimate of drug-likeness (QED) is 0.883. The molecule has 0 bridgehead atoms. The van der Waals surface area contributed by atoms with Crippen LogP contribution in [0.1, 0.15) is 19.4 Å². The average molecular weight is 250 g/mol. The molecule has 1 rings (SSSR count). The topological polar surface area (TPSA) is 21.3 Å². The van der Waals surface area contributed by atoms with E-state index in [1.165, 1.54) is 12.1 Å². The highest BCUT2D eigenvalue weighted by molar-refractivity contribution is 6.30. The molecule has 0 aliphatic rings. The lowest BCUT2D eigenvalue weighted by atomic mass is 9.93. The summed E-state index contributed by atoms with van der Waals surface area (Å²) in [7, 11) is 1.74. The van der Waals surface area contributed by atoms with E-state index >= 15 is 0 Å². The molecule has 0 radical (unpaired) electrons. The Morgan fingerprint density at radius 2 is 2.00 bits per heavy atom. The molecule has 0 aliphatic carbocycles. The molecule has 0 aromatic heterocycles. The van der Waals surface area contributed by atoms with Crippen LogP contribution in [0.4, 0.5) is 8.78 Å². The van der Waals surface area contributed by atoms with E-state index in [-0.39, 0.29) is 5.75 Å². The lowest BCUT2D eigenvalue weighted by Gasteiger charge is -2.27. The second-order valence-corrected chi connectivity index (χ2v) is 4.33. The first-order valence-corrected chi connectivity index (χ1v) is 5.18. The number of alkyl halides is 2. The van der Waals surface area contributed by atoms with E-state index in [9.17, 15) is 8.78 Å². The summed E-state index contributed by atoms with van der Waals surface area (Å²) in [6, 6.07) is 4.59. The van der Waals surface area contributed by atoms with Crippen LogP contribution in [0.25, 0.3) is 0 Å². The highest BCUT2D eigenvalue weighted by Crippen LogP contribution is 2.32. The van der Waals surface area contributed by atoms with Gasteiger partial charge in [0, 0.05) is 16.1 Å². The van der Waals surface area contributed by atoms with Gasteiger partial charge in [0.05, 0.1) is 0 Å². The summed E-state index contributed by atoms with van der Waals surface area (Å²) < 4.78 is 28.9. The minimum Gasteiger partial charge on any atom is -0.434 e. The van der Waals surface area contributed by atoms with Gasteiger partial charge in [0.15, 0.2) is 0 Å². The molecular weight excluding hydrogens is 236 g/mol. The molecule has 0 saturated carbocycles. The van der Waals surface area contributed by atoms with Crippen LogP contribution in [0.5, 0.6) is 5.75 Å². The molecular formula is C11H14ClF2NO. The van der Waals surface area contributed by atoms with Crippen molar-refractivity contribution in [3.8, 4) is 5.75 Å². The van der Waals surface area contributed by atoms with Gasteiger partial charge in [-0.1, -0.05) is 11.6 Å². The molecule has 1 aromatic rings. The maximum Gasteiger partial charge on any atom is 0.387 e. The highest BCUT2D eigenvalue weighted by Gasteiger charge is 2.24. The van der Waals surface area contributed by atoms with Gasteiger partial charge in [-0.25, -0.2) is 0 Å². The highest BCUT2D eigenvalue weighted by atomic mass is 35.5. The maximum atomic E-state index is 12.2. The van der Waals surface area contributed by atoms with Crippen LogP contribution in [0, 0.1) is 0 Å². The van der Waals surface area contributed by atoms with Crippen molar-refractivity contribution in [1.82, 2.24) is 5.32 Å². The maximum absolute atomic E-state index is 12.2. The zero-order valence-corrected chi connectivity index (χ0v) is 10.1. The summed E-state index contributed by atoms with van der Waals surface area (Å²) in [6.45, 7) is 0.876. The number of hydrogen-bond donors (Lipinski definition) is 1. The van der Waals surface area contributed by atoms with Crippen molar-refractivity contribution in [2.45, 2.75) is 26.0 Å². The molecule has 0 spiro atoms. The molecule has 0 amide bonds. The van der Waals surface area contributed by atoms with Crippen LogP contribution in [0.2, 0.25) is 5.02 Å². The van der Waals surface area contributed by atoms with Crippen molar-refractivity contribution in [3.05, 3.63) is 28.8 Å². The summed E-state index contributed by atoms with van der Waals surface area (Å²) in [5.74, 6) is 0.138. The van der Waals surface area contributed by atoms with E-state index in [0.29, 0.717) is 10.6 Å². The number of rotatable bonds is 4. The van der Waals surface area contributed by atoms with Gasteiger partial charge in [0.1, 0.15) is 5.75 Å². The lowest BCUT2D eigenvalue weighted by Crippen LogP contribution is -2.33. The fourth-order valence-electron chi connectivity index (χ4n) is 1.32. The number of ether oxygens (including phenoxy) is 1. The summed E-state index contributed by atoms with van der Waals surface area (Å²) in [5, 5.41) is 3.50. The molecule has 16 heavy (non-hydrogen) atoms. The minimum atomic E-state index is -2.84. The molecule has 0 saturated heterocycles. The fourth-order valence-corrected chi connectivity index (χ4v) is 1.50. The van der Waals surface area contributed by atoms with Gasteiger partial charge in [-0.05, 0) is 39.1 Å². The van der Waals surface area contributed by atoms with Crippen molar-refractivity contribution in [2.24, 2.45) is 0 Å². The zero-order chi connectivity index (χ0) is 12.3. The molecule has 0 unspecified atom stereocenters. The largest absolute Gasteiger partial charge is 0.434 e. The Bertz CT molecular complexity index is 369. The normalized spacial score (nSPS) is 11.9. The van der Waals surface area contributed by atoms with Crippen molar-refractivity contribution in [3.63, 3.8) is 0 Å². The van der Waals surface area contributed by atoms with Crippen LogP contribution in [-0.2, 0) is 5.54 Å². The van der Waals surface area contributed by atoms with Crippen molar-refractivity contribution in [2.75, 3.05) is 7.05 Å². The van der Waals surface area contributed by atoms with Crippen LogP contribution in [-0.4, -0.2) is 13.7 Å². The Morgan fingerprint density at radius 3 is 2.50 bits per heavy atom. The first-order valence-electron chi connectivity index (χ1n) is 4.80. The molecule has 90 valence electrons. The van der Waals surface area contributed by atoms with Gasteiger partial charge < -0.3 is 10.1 Å². The van der Waals surface area contributed by atoms with E-state index in [1.807, 2.05) is 13.8 Å². The molecule has 0 fully saturated rings. The first-order chi connectivity index (χ1) is 7.36. The monoisotopic (exact) mass is 249 g/mol. The van der Waals surface area contributed by atoms with Gasteiger partial charge in [-0.15, -0.1) is 0 Å². The fraction of sp³-hybridized carbons (Fsp3) is 0.455. The first kappa shape index (κ1) is 13.2. The SMILES string of the molecule is CNC(C)(C)c1cc(Cl)ccc1OC(F)F. The van der Waals surface area contributed by atoms with Crippen molar-refractivity contribution in [1.29, 1.82) is 0 Å². The summed E-state index contributed by atoms with van der Waals surface area (Å²) in [6.07, 6.45) is 0. The van der Waals surface area contributed by atoms with E-state index in [4.69, 9.17) is 11.6 Å². The third-order valence-electron chi connectivity index (χ3n) is 2.46. The van der Waals surface area contributed by atoms with Crippen LogP contribution >= 0.6 is 11.6 Å². The third kappa shape index (κ3) is 3.06. The number of nitrogens with one attached hydrogen (secondary N) is 1. The van der Waals surface area contributed by atoms with Gasteiger partial charge in [0.2, 0.25) is 0 Å². The Labute approximate surface area is 98.6 Å². The smallest absolute Gasteiger partial charge is 0.387 e. The minimum absolute atomic E-state index is 0.138. The number of halogens is 3. The Balaban J connectivity index is 3.18. The van der Waals surface area contributed by atoms with Gasteiger partial charge in [-0.3, -0.25) is 0 Å². The van der Waals surface area contributed by atoms with Gasteiger partial charge in [-0.2, -0.15) is 8.78 Å². The molecule has 0 heterocycles. The Morgan fingerprint density at radius 1 is 1.38 bits per heavy atom. The standard InChI is InChI=1S/C11H14ClF2NO/c1-11(2,15-3)8-6-7(12)4-5-9(8)16-10(13)14/h4-6,10,15H,1-3H3. The second kappa shape index (κ2) is 4.97. The summed E-state index contributed by atoms with van der Waals surface area (Å²) in [5.41, 5.74) is 0.109. The van der Waals surface area contributed by atoms with Gasteiger partial charge in [0.25, 0.3) is 0 Å². The molecule has 1 aromatic carbocycles. The molecule has 5 heteroatoms. The Kier molecular flexibility index (Phi) is 4.10. The van der Waals surface area contributed by atoms with Crippen LogP contribution in [0.15, 0.2) is 18.2 Å². The lowest BCUT2D eigenvalue weighted by molar-refractivity contribution is -0.0510. The molecule has 1 N–H and O–H groups in total. The predicted molar refractivity (Wildman–Crippen MR) is 60.2 cm³/mol. The van der Waals surface area contributed by atoms with E-state index in [2.05, 4.69) is 10.1 Å². The number of hydrogen-bond acceptors (Lipinski definition) is 2. The molecule has 0 atom stereocenters. The van der Waals surface area contributed by atoms with E-state index in [1.54, 1.807) is 13.1 Å². The molecule has 2 nitrogen and oxygen atoms in total. The average Bonchev–Trinajstić information content (AvgIpc) is 2.20. The van der Waals surface area contributed by atoms with E-state index < -0.39 is 12.2 Å². The van der Waals surface area contributed by atoms with Crippen LogP contribution < -0.4 is 10.1 Å². The van der Waals surface area contributed by atoms with Crippen molar-refractivity contribution >= 4 is 11.6 Å². The second-order valence-electron chi connectivity index (χ2n) is 3.89. The van der Waals surface area contributed by atoms with E-state index in [0.717, 1.165) is 0 Å². The van der Waals surface area contributed by atoms with Gasteiger partial charge >= 0.3 is 6.61 Å². The summed E-state index contributed by atoms with van der Waals surface area (Å²) in [4.78, 5) is 0. The van der Waals surface area contributed by atoms with Crippen molar-refractivity contribution < 1.29 is 13.5 Å². The predicted octanol–water partition coefficient (Wildman–Crippen LogP) is 3.40. The zero-order valence-electron chi connectivity index (χ0n) is 9.35. The van der Waals surface area contributed by atoms with Crippen LogP contribution in [0.3, 0.4) is 0 Å². The third-order valence-corrected chi connectivity index (χ3v) is 2.69. The molecule has 0 aliphatic heterocycles. The Hall–Kier alpha value is -0.870.